The molecule has 366 valence electrons. The molecule has 0 radical (unpaired) electrons. The first kappa shape index (κ1) is 52.5. The fourth-order valence-electron chi connectivity index (χ4n) is 10.1. The number of nitrogens with zero attached hydrogens (tertiary/aromatic N) is 5. The van der Waals surface area contributed by atoms with Crippen LogP contribution in [-0.4, -0.2) is 143 Å². The summed E-state index contributed by atoms with van der Waals surface area (Å²) in [5.41, 5.74) is 6.91. The van der Waals surface area contributed by atoms with E-state index in [9.17, 15) is 19.5 Å². The van der Waals surface area contributed by atoms with Crippen LogP contribution >= 0.6 is 0 Å². The molecule has 2 aliphatic heterocycles. The lowest BCUT2D eigenvalue weighted by molar-refractivity contribution is -0.265. The molecule has 66 heavy (non-hydrogen) atoms. The van der Waals surface area contributed by atoms with Gasteiger partial charge >= 0.3 is 12.1 Å². The van der Waals surface area contributed by atoms with Crippen molar-refractivity contribution in [3.63, 3.8) is 0 Å². The van der Waals surface area contributed by atoms with Crippen LogP contribution < -0.4 is 11.1 Å². The molecule has 1 aromatic heterocycles. The molecule has 16 heteroatoms. The van der Waals surface area contributed by atoms with Crippen LogP contribution in [0.3, 0.4) is 0 Å². The van der Waals surface area contributed by atoms with Crippen molar-refractivity contribution in [3.8, 4) is 11.3 Å². The number of ketones is 1. The molecule has 2 fully saturated rings. The Balaban J connectivity index is 1.50. The number of aliphatic hydroxyl groups is 1. The Hall–Kier alpha value is -4.45. The monoisotopic (exact) mass is 920 g/mol. The van der Waals surface area contributed by atoms with Gasteiger partial charge in [-0.15, -0.1) is 5.10 Å². The third-order valence-electron chi connectivity index (χ3n) is 13.8. The largest absolute Gasteiger partial charge is 0.458 e. The number of aryl methyl sites for hydroxylation is 1. The minimum atomic E-state index is -1.31. The number of fused-ring (bicyclic) bond motifs is 1. The first-order valence-corrected chi connectivity index (χ1v) is 23.8. The van der Waals surface area contributed by atoms with Gasteiger partial charge in [-0.3, -0.25) is 19.2 Å². The fraction of sp³-hybridized carbons (Fsp3) is 0.660. The number of carbonyl (C=O) groups excluding carboxylic acids is 3. The summed E-state index contributed by atoms with van der Waals surface area (Å²) < 4.78 is 33.8. The maximum absolute atomic E-state index is 14.6. The second-order valence-electron chi connectivity index (χ2n) is 19.0. The SMILES string of the molecule is CCO[C@@H](O[C@@H]1[C@@H](C)C(=O)[C@@H](C)C(=O)O[C@H](CC)[C@@]2(C)OC(=O)N(CCCCn3cc(-c4cccc(N)c4)nn3)[C@@H]2C(Cc2ccccc2)NC[C@H](C)C[C@@]1(C)OC)C(O)C(CC)N(C)C. The number of unbranched alkanes of at least 4 members (excludes halogenated alkanes) is 1. The summed E-state index contributed by atoms with van der Waals surface area (Å²) in [6.07, 6.45) is 0.617. The number of nitrogens with one attached hydrogen (secondary N) is 1. The number of likely N-dealkylation sites (N-methyl/N-ethyl adjacent to an activating group) is 1. The number of rotatable bonds is 18. The number of ether oxygens (including phenoxy) is 5. The first-order valence-electron chi connectivity index (χ1n) is 23.8. The molecule has 0 bridgehead atoms. The Morgan fingerprint density at radius 2 is 1.73 bits per heavy atom. The third kappa shape index (κ3) is 12.4. The maximum atomic E-state index is 14.6. The van der Waals surface area contributed by atoms with E-state index >= 15 is 0 Å². The van der Waals surface area contributed by atoms with Gasteiger partial charge in [0.05, 0.1) is 23.9 Å². The normalized spacial score (nSPS) is 29.4. The summed E-state index contributed by atoms with van der Waals surface area (Å²) in [4.78, 5) is 47.0. The molecule has 2 aromatic carbocycles. The predicted molar refractivity (Wildman–Crippen MR) is 253 cm³/mol. The zero-order chi connectivity index (χ0) is 48.3. The highest BCUT2D eigenvalue weighted by molar-refractivity contribution is 6.00. The van der Waals surface area contributed by atoms with Crippen LogP contribution in [0.5, 0.6) is 0 Å². The molecule has 0 spiro atoms. The Kier molecular flexibility index (Phi) is 18.7. The van der Waals surface area contributed by atoms with Gasteiger partial charge in [0.1, 0.15) is 23.8 Å². The molecular formula is C50H77N7O9. The minimum absolute atomic E-state index is 0.0673. The van der Waals surface area contributed by atoms with E-state index < -0.39 is 71.5 Å². The summed E-state index contributed by atoms with van der Waals surface area (Å²) in [5.74, 6) is -3.31. The highest BCUT2D eigenvalue weighted by atomic mass is 16.7. The van der Waals surface area contributed by atoms with Crippen molar-refractivity contribution < 1.29 is 43.2 Å². The van der Waals surface area contributed by atoms with Crippen molar-refractivity contribution in [2.75, 3.05) is 46.6 Å². The van der Waals surface area contributed by atoms with Crippen LogP contribution in [0.15, 0.2) is 60.8 Å². The van der Waals surface area contributed by atoms with Gasteiger partial charge in [0.2, 0.25) is 0 Å². The van der Waals surface area contributed by atoms with Crippen molar-refractivity contribution in [2.24, 2.45) is 17.8 Å². The van der Waals surface area contributed by atoms with Crippen molar-refractivity contribution in [3.05, 3.63) is 66.4 Å². The van der Waals surface area contributed by atoms with Gasteiger partial charge in [0.25, 0.3) is 0 Å². The van der Waals surface area contributed by atoms with E-state index in [4.69, 9.17) is 29.4 Å². The van der Waals surface area contributed by atoms with Gasteiger partial charge in [-0.2, -0.15) is 0 Å². The van der Waals surface area contributed by atoms with Gasteiger partial charge in [0, 0.05) is 56.1 Å². The summed E-state index contributed by atoms with van der Waals surface area (Å²) in [6.45, 7) is 16.5. The van der Waals surface area contributed by atoms with E-state index in [1.165, 1.54) is 0 Å². The van der Waals surface area contributed by atoms with Crippen molar-refractivity contribution >= 4 is 23.5 Å². The van der Waals surface area contributed by atoms with Crippen LogP contribution in [-0.2, 0) is 46.2 Å². The van der Waals surface area contributed by atoms with Crippen molar-refractivity contribution in [2.45, 2.75) is 154 Å². The van der Waals surface area contributed by atoms with Gasteiger partial charge in [0.15, 0.2) is 17.7 Å². The number of amides is 1. The number of methoxy groups -OCH3 is 1. The second kappa shape index (κ2) is 23.5. The Bertz CT molecular complexity index is 2020. The Morgan fingerprint density at radius 3 is 2.36 bits per heavy atom. The number of aromatic nitrogens is 3. The molecule has 3 unspecified atom stereocenters. The van der Waals surface area contributed by atoms with E-state index in [-0.39, 0.29) is 24.6 Å². The zero-order valence-corrected chi connectivity index (χ0v) is 41.1. The zero-order valence-electron chi connectivity index (χ0n) is 41.1. The second-order valence-corrected chi connectivity index (χ2v) is 19.0. The van der Waals surface area contributed by atoms with Crippen molar-refractivity contribution in [1.82, 2.24) is 30.1 Å². The lowest BCUT2D eigenvalue weighted by Crippen LogP contribution is -2.62. The van der Waals surface area contributed by atoms with Crippen LogP contribution in [0.1, 0.15) is 93.1 Å². The van der Waals surface area contributed by atoms with Crippen molar-refractivity contribution in [1.29, 1.82) is 0 Å². The number of hydrogen-bond donors (Lipinski definition) is 3. The summed E-state index contributed by atoms with van der Waals surface area (Å²) in [7, 11) is 5.37. The van der Waals surface area contributed by atoms with Gasteiger partial charge in [-0.05, 0) is 110 Å². The number of benzene rings is 2. The highest BCUT2D eigenvalue weighted by Gasteiger charge is 2.59. The van der Waals surface area contributed by atoms with E-state index in [0.717, 1.165) is 16.8 Å². The molecule has 0 aliphatic carbocycles. The van der Waals surface area contributed by atoms with Gasteiger partial charge in [-0.1, -0.05) is 75.4 Å². The molecule has 4 N–H and O–H groups in total. The quantitative estimate of drug-likeness (QED) is 0.0433. The average Bonchev–Trinajstić information content (AvgIpc) is 3.87. The molecule has 3 aromatic rings. The number of carbonyl (C=O) groups is 3. The minimum Gasteiger partial charge on any atom is -0.458 e. The smallest absolute Gasteiger partial charge is 0.410 e. The maximum Gasteiger partial charge on any atom is 0.410 e. The molecular weight excluding hydrogens is 843 g/mol. The molecule has 16 nitrogen and oxygen atoms in total. The molecule has 2 saturated heterocycles. The number of cyclic esters (lactones) is 1. The molecule has 0 saturated carbocycles. The third-order valence-corrected chi connectivity index (χ3v) is 13.8. The van der Waals surface area contributed by atoms with E-state index in [2.05, 4.69) is 34.7 Å². The fourth-order valence-corrected chi connectivity index (χ4v) is 10.1. The molecule has 12 atom stereocenters. The average molecular weight is 920 g/mol. The van der Waals surface area contributed by atoms with Crippen LogP contribution in [0, 0.1) is 17.8 Å². The lowest BCUT2D eigenvalue weighted by Gasteiger charge is -2.44. The predicted octanol–water partition coefficient (Wildman–Crippen LogP) is 6.14. The molecule has 3 heterocycles. The van der Waals surface area contributed by atoms with E-state index in [1.807, 2.05) is 102 Å². The molecule has 2 aliphatic rings. The standard InChI is InChI=1S/C50H77N7O9/c1-12-40(55(9)10)43(59)47(63-14-3)65-45-33(5)42(58)34(6)46(60)64-41(13-2)50(8)44(38(27-35-21-16-15-17-22-35)52-30-32(4)29-49(45,7)62-11)57(48(61)66-50)26-19-18-25-56-31-39(53-54-56)36-23-20-24-37(51)28-36/h15-17,20-24,28,31-34,38,40-41,43-45,47,52,59H,12-14,18-19,25-27,29-30,51H2,1-11H3/t32-,33+,34-,38?,40?,41-,43?,44-,45-,47+,49-,50-/m1/s1. The lowest BCUT2D eigenvalue weighted by atomic mass is 9.78. The molecule has 1 amide bonds. The topological polar surface area (TPSA) is 193 Å². The Labute approximate surface area is 392 Å². The summed E-state index contributed by atoms with van der Waals surface area (Å²) in [5, 5.41) is 24.3. The van der Waals surface area contributed by atoms with E-state index in [1.54, 1.807) is 30.5 Å². The van der Waals surface area contributed by atoms with Gasteiger partial charge < -0.3 is 44.7 Å². The Morgan fingerprint density at radius 1 is 1.02 bits per heavy atom. The number of anilines is 1. The summed E-state index contributed by atoms with van der Waals surface area (Å²) in [6, 6.07) is 16.3. The summed E-state index contributed by atoms with van der Waals surface area (Å²) >= 11 is 0. The number of aliphatic hydroxyl groups excluding tert-OH is 1. The van der Waals surface area contributed by atoms with Crippen LogP contribution in [0.2, 0.25) is 0 Å². The number of esters is 1. The van der Waals surface area contributed by atoms with E-state index in [0.29, 0.717) is 63.8 Å². The van der Waals surface area contributed by atoms with Gasteiger partial charge in [-0.25, -0.2) is 4.79 Å². The number of Topliss-reactive ketones (excluding diaryl/α,β-unsaturated/α-hetero) is 1. The number of nitrogen functional groups attached to an aromatic ring is 1. The van der Waals surface area contributed by atoms with Crippen LogP contribution in [0.25, 0.3) is 11.3 Å². The highest BCUT2D eigenvalue weighted by Crippen LogP contribution is 2.40. The number of nitrogens with two attached hydrogens (primary N) is 1. The molecule has 5 rings (SSSR count). The number of hydrogen-bond acceptors (Lipinski definition) is 14. The first-order chi connectivity index (χ1) is 31.4. The van der Waals surface area contributed by atoms with Crippen LogP contribution in [0.4, 0.5) is 10.5 Å².